The SMILES string of the molecule is C=CCOC(=O)NC1(C(=N)N)CCC1. The quantitative estimate of drug-likeness (QED) is 0.353. The number of amidine groups is 1. The Labute approximate surface area is 82.8 Å². The normalized spacial score (nSPS) is 17.7. The Bertz CT molecular complexity index is 259. The van der Waals surface area contributed by atoms with Gasteiger partial charge in [0, 0.05) is 0 Å². The Balaban J connectivity index is 2.44. The van der Waals surface area contributed by atoms with Gasteiger partial charge in [0.2, 0.25) is 0 Å². The van der Waals surface area contributed by atoms with Gasteiger partial charge in [0.05, 0.1) is 0 Å². The topological polar surface area (TPSA) is 88.2 Å². The van der Waals surface area contributed by atoms with Gasteiger partial charge >= 0.3 is 6.09 Å². The van der Waals surface area contributed by atoms with Crippen molar-refractivity contribution in [1.82, 2.24) is 5.32 Å². The summed E-state index contributed by atoms with van der Waals surface area (Å²) < 4.78 is 4.75. The first-order valence-electron chi connectivity index (χ1n) is 4.51. The van der Waals surface area contributed by atoms with E-state index in [4.69, 9.17) is 15.9 Å². The molecule has 5 nitrogen and oxygen atoms in total. The minimum absolute atomic E-state index is 0.000645. The molecule has 1 fully saturated rings. The number of carbonyl (C=O) groups excluding carboxylic acids is 1. The molecule has 4 N–H and O–H groups in total. The van der Waals surface area contributed by atoms with E-state index in [0.29, 0.717) is 12.8 Å². The van der Waals surface area contributed by atoms with Crippen LogP contribution < -0.4 is 11.1 Å². The van der Waals surface area contributed by atoms with Crippen molar-refractivity contribution in [3.05, 3.63) is 12.7 Å². The van der Waals surface area contributed by atoms with E-state index in [1.165, 1.54) is 6.08 Å². The fourth-order valence-corrected chi connectivity index (χ4v) is 1.36. The van der Waals surface area contributed by atoms with E-state index in [-0.39, 0.29) is 12.4 Å². The van der Waals surface area contributed by atoms with Crippen LogP contribution in [0.2, 0.25) is 0 Å². The lowest BCUT2D eigenvalue weighted by Gasteiger charge is -2.40. The van der Waals surface area contributed by atoms with Gasteiger partial charge in [0.25, 0.3) is 0 Å². The molecular formula is C9H15N3O2. The molecule has 1 aliphatic carbocycles. The average molecular weight is 197 g/mol. The molecule has 0 radical (unpaired) electrons. The number of ether oxygens (including phenoxy) is 1. The number of amides is 1. The first-order chi connectivity index (χ1) is 6.60. The average Bonchev–Trinajstić information content (AvgIpc) is 2.07. The lowest BCUT2D eigenvalue weighted by atomic mass is 9.76. The van der Waals surface area contributed by atoms with Gasteiger partial charge in [-0.3, -0.25) is 5.41 Å². The number of rotatable bonds is 4. The number of hydrogen-bond acceptors (Lipinski definition) is 3. The largest absolute Gasteiger partial charge is 0.445 e. The third-order valence-corrected chi connectivity index (χ3v) is 2.40. The second-order valence-corrected chi connectivity index (χ2v) is 3.36. The molecule has 1 rings (SSSR count). The van der Waals surface area contributed by atoms with Crippen molar-refractivity contribution in [3.8, 4) is 0 Å². The second-order valence-electron chi connectivity index (χ2n) is 3.36. The van der Waals surface area contributed by atoms with E-state index in [1.54, 1.807) is 0 Å². The van der Waals surface area contributed by atoms with Crippen molar-refractivity contribution in [1.29, 1.82) is 5.41 Å². The number of hydrogen-bond donors (Lipinski definition) is 3. The summed E-state index contributed by atoms with van der Waals surface area (Å²) >= 11 is 0. The third-order valence-electron chi connectivity index (χ3n) is 2.40. The summed E-state index contributed by atoms with van der Waals surface area (Å²) in [5.74, 6) is -0.000645. The Kier molecular flexibility index (Phi) is 3.11. The summed E-state index contributed by atoms with van der Waals surface area (Å²) in [6.45, 7) is 3.59. The van der Waals surface area contributed by atoms with Crippen LogP contribution in [0.4, 0.5) is 4.79 Å². The van der Waals surface area contributed by atoms with Crippen molar-refractivity contribution in [2.24, 2.45) is 5.73 Å². The molecular weight excluding hydrogens is 182 g/mol. The Morgan fingerprint density at radius 3 is 2.71 bits per heavy atom. The molecule has 0 aromatic carbocycles. The Morgan fingerprint density at radius 2 is 2.36 bits per heavy atom. The predicted molar refractivity (Wildman–Crippen MR) is 53.2 cm³/mol. The number of nitrogens with one attached hydrogen (secondary N) is 2. The van der Waals surface area contributed by atoms with Crippen molar-refractivity contribution in [2.75, 3.05) is 6.61 Å². The van der Waals surface area contributed by atoms with E-state index in [0.717, 1.165) is 6.42 Å². The number of carbonyl (C=O) groups is 1. The Hall–Kier alpha value is -1.52. The maximum atomic E-state index is 11.2. The lowest BCUT2D eigenvalue weighted by molar-refractivity contribution is 0.139. The van der Waals surface area contributed by atoms with Gasteiger partial charge < -0.3 is 15.8 Å². The minimum Gasteiger partial charge on any atom is -0.445 e. The van der Waals surface area contributed by atoms with Gasteiger partial charge in [0.15, 0.2) is 0 Å². The standard InChI is InChI=1S/C9H15N3O2/c1-2-6-14-8(13)12-9(7(10)11)4-3-5-9/h2H,1,3-6H2,(H3,10,11)(H,12,13). The zero-order valence-electron chi connectivity index (χ0n) is 8.01. The van der Waals surface area contributed by atoms with Crippen LogP contribution in [-0.2, 0) is 4.74 Å². The van der Waals surface area contributed by atoms with E-state index < -0.39 is 11.6 Å². The monoisotopic (exact) mass is 197 g/mol. The van der Waals surface area contributed by atoms with Crippen LogP contribution in [-0.4, -0.2) is 24.1 Å². The molecule has 0 spiro atoms. The molecule has 0 bridgehead atoms. The van der Waals surface area contributed by atoms with Crippen LogP contribution in [0.1, 0.15) is 19.3 Å². The van der Waals surface area contributed by atoms with Crippen LogP contribution >= 0.6 is 0 Å². The van der Waals surface area contributed by atoms with E-state index >= 15 is 0 Å². The molecule has 0 aromatic rings. The number of nitrogens with two attached hydrogens (primary N) is 1. The van der Waals surface area contributed by atoms with Crippen LogP contribution in [0, 0.1) is 5.41 Å². The molecule has 0 heterocycles. The molecule has 1 saturated carbocycles. The highest BCUT2D eigenvalue weighted by molar-refractivity contribution is 5.91. The van der Waals surface area contributed by atoms with Crippen LogP contribution in [0.25, 0.3) is 0 Å². The van der Waals surface area contributed by atoms with Crippen molar-refractivity contribution < 1.29 is 9.53 Å². The van der Waals surface area contributed by atoms with Crippen LogP contribution in [0.5, 0.6) is 0 Å². The molecule has 0 unspecified atom stereocenters. The molecule has 0 aliphatic heterocycles. The predicted octanol–water partition coefficient (Wildman–Crippen LogP) is 0.757. The smallest absolute Gasteiger partial charge is 0.408 e. The zero-order chi connectivity index (χ0) is 10.6. The maximum Gasteiger partial charge on any atom is 0.408 e. The summed E-state index contributed by atoms with van der Waals surface area (Å²) in [6, 6.07) is 0. The molecule has 0 saturated heterocycles. The van der Waals surface area contributed by atoms with Crippen molar-refractivity contribution in [3.63, 3.8) is 0 Å². The van der Waals surface area contributed by atoms with E-state index in [9.17, 15) is 4.79 Å². The molecule has 1 aliphatic rings. The molecule has 5 heteroatoms. The molecule has 0 atom stereocenters. The van der Waals surface area contributed by atoms with Crippen LogP contribution in [0.15, 0.2) is 12.7 Å². The summed E-state index contributed by atoms with van der Waals surface area (Å²) in [4.78, 5) is 11.2. The Morgan fingerprint density at radius 1 is 1.71 bits per heavy atom. The highest BCUT2D eigenvalue weighted by Crippen LogP contribution is 2.31. The van der Waals surface area contributed by atoms with Crippen LogP contribution in [0.3, 0.4) is 0 Å². The maximum absolute atomic E-state index is 11.2. The summed E-state index contributed by atoms with van der Waals surface area (Å²) in [5.41, 5.74) is 4.75. The van der Waals surface area contributed by atoms with Gasteiger partial charge in [0.1, 0.15) is 18.0 Å². The van der Waals surface area contributed by atoms with Gasteiger partial charge in [-0.25, -0.2) is 4.79 Å². The van der Waals surface area contributed by atoms with Gasteiger partial charge in [-0.15, -0.1) is 0 Å². The summed E-state index contributed by atoms with van der Waals surface area (Å²) in [7, 11) is 0. The van der Waals surface area contributed by atoms with Crippen molar-refractivity contribution >= 4 is 11.9 Å². The molecule has 0 aromatic heterocycles. The first kappa shape index (κ1) is 10.6. The number of alkyl carbamates (subject to hydrolysis) is 1. The zero-order valence-corrected chi connectivity index (χ0v) is 8.01. The molecule has 1 amide bonds. The fourth-order valence-electron chi connectivity index (χ4n) is 1.36. The minimum atomic E-state index is -0.655. The molecule has 14 heavy (non-hydrogen) atoms. The molecule has 78 valence electrons. The van der Waals surface area contributed by atoms with Gasteiger partial charge in [-0.05, 0) is 19.3 Å². The van der Waals surface area contributed by atoms with E-state index in [2.05, 4.69) is 11.9 Å². The van der Waals surface area contributed by atoms with E-state index in [1.807, 2.05) is 0 Å². The third kappa shape index (κ3) is 2.04. The highest BCUT2D eigenvalue weighted by atomic mass is 16.5. The van der Waals surface area contributed by atoms with Crippen molar-refractivity contribution in [2.45, 2.75) is 24.8 Å². The summed E-state index contributed by atoms with van der Waals surface area (Å²) in [5, 5.41) is 9.96. The first-order valence-corrected chi connectivity index (χ1v) is 4.51. The lowest BCUT2D eigenvalue weighted by Crippen LogP contribution is -2.61. The fraction of sp³-hybridized carbons (Fsp3) is 0.556. The van der Waals surface area contributed by atoms with Gasteiger partial charge in [-0.2, -0.15) is 0 Å². The summed E-state index contributed by atoms with van der Waals surface area (Å²) in [6.07, 6.45) is 3.35. The second kappa shape index (κ2) is 4.13. The highest BCUT2D eigenvalue weighted by Gasteiger charge is 2.41. The van der Waals surface area contributed by atoms with Gasteiger partial charge in [-0.1, -0.05) is 12.7 Å².